The minimum absolute atomic E-state index is 0.0672. The van der Waals surface area contributed by atoms with Crippen molar-refractivity contribution in [3.8, 4) is 5.75 Å². The molecule has 1 N–H and O–H groups in total. The zero-order valence-corrected chi connectivity index (χ0v) is 13.1. The minimum atomic E-state index is -0.499. The standard InChI is InChI=1S/C18H26O3/c1-13-5-6-16(14(2)19)17(11-13)21-15-7-10-20-18(12-15)8-3-4-9-18/h5-6,11,14-15,19H,3-4,7-10,12H2,1-2H3/t14-,15?/m0/s1. The molecule has 2 atom stereocenters. The Morgan fingerprint density at radius 3 is 2.81 bits per heavy atom. The van der Waals surface area contributed by atoms with Crippen LogP contribution in [0, 0.1) is 6.92 Å². The smallest absolute Gasteiger partial charge is 0.125 e. The van der Waals surface area contributed by atoms with Gasteiger partial charge in [-0.25, -0.2) is 0 Å². The fourth-order valence-electron chi connectivity index (χ4n) is 3.72. The molecule has 1 aliphatic heterocycles. The second-order valence-electron chi connectivity index (χ2n) is 6.69. The highest BCUT2D eigenvalue weighted by Crippen LogP contribution is 2.41. The Morgan fingerprint density at radius 1 is 1.33 bits per heavy atom. The molecule has 3 nitrogen and oxygen atoms in total. The molecule has 2 aliphatic rings. The van der Waals surface area contributed by atoms with Crippen molar-refractivity contribution in [2.24, 2.45) is 0 Å². The van der Waals surface area contributed by atoms with Crippen LogP contribution in [-0.4, -0.2) is 23.4 Å². The molecule has 0 radical (unpaired) electrons. The van der Waals surface area contributed by atoms with E-state index in [1.165, 1.54) is 25.7 Å². The molecule has 3 rings (SSSR count). The number of aliphatic hydroxyl groups is 1. The molecule has 0 amide bonds. The molecule has 1 saturated heterocycles. The summed E-state index contributed by atoms with van der Waals surface area (Å²) in [5.74, 6) is 0.838. The first-order valence-electron chi connectivity index (χ1n) is 8.17. The van der Waals surface area contributed by atoms with E-state index in [1.54, 1.807) is 6.92 Å². The normalized spacial score (nSPS) is 26.0. The van der Waals surface area contributed by atoms with Crippen molar-refractivity contribution in [1.82, 2.24) is 0 Å². The fraction of sp³-hybridized carbons (Fsp3) is 0.667. The van der Waals surface area contributed by atoms with Crippen molar-refractivity contribution in [2.75, 3.05) is 6.61 Å². The van der Waals surface area contributed by atoms with Crippen molar-refractivity contribution in [3.05, 3.63) is 29.3 Å². The van der Waals surface area contributed by atoms with Gasteiger partial charge in [0.1, 0.15) is 11.9 Å². The summed E-state index contributed by atoms with van der Waals surface area (Å²) in [4.78, 5) is 0. The molecule has 3 heteroatoms. The molecule has 1 heterocycles. The summed E-state index contributed by atoms with van der Waals surface area (Å²) in [5.41, 5.74) is 2.11. The van der Waals surface area contributed by atoms with Crippen LogP contribution in [0.15, 0.2) is 18.2 Å². The third-order valence-corrected chi connectivity index (χ3v) is 4.88. The highest BCUT2D eigenvalue weighted by Gasteiger charge is 2.40. The summed E-state index contributed by atoms with van der Waals surface area (Å²) < 4.78 is 12.3. The SMILES string of the molecule is Cc1ccc([C@H](C)O)c(OC2CCOC3(CCCC3)C2)c1. The Bertz CT molecular complexity index is 489. The first kappa shape index (κ1) is 14.9. The molecule has 1 aromatic carbocycles. The van der Waals surface area contributed by atoms with Gasteiger partial charge in [0.05, 0.1) is 18.3 Å². The van der Waals surface area contributed by atoms with E-state index in [4.69, 9.17) is 9.47 Å². The maximum Gasteiger partial charge on any atom is 0.125 e. The molecule has 21 heavy (non-hydrogen) atoms. The van der Waals surface area contributed by atoms with Crippen LogP contribution in [0.2, 0.25) is 0 Å². The molecular formula is C18H26O3. The maximum atomic E-state index is 9.93. The lowest BCUT2D eigenvalue weighted by Crippen LogP contribution is -2.41. The molecule has 2 fully saturated rings. The summed E-state index contributed by atoms with van der Waals surface area (Å²) in [5, 5.41) is 9.93. The molecule has 1 aromatic rings. The first-order valence-corrected chi connectivity index (χ1v) is 8.17. The van der Waals surface area contributed by atoms with Gasteiger partial charge in [0.15, 0.2) is 0 Å². The number of aliphatic hydroxyl groups excluding tert-OH is 1. The van der Waals surface area contributed by atoms with Crippen LogP contribution in [0.3, 0.4) is 0 Å². The topological polar surface area (TPSA) is 38.7 Å². The lowest BCUT2D eigenvalue weighted by molar-refractivity contribution is -0.108. The van der Waals surface area contributed by atoms with Gasteiger partial charge in [-0.3, -0.25) is 0 Å². The number of benzene rings is 1. The molecule has 0 aromatic heterocycles. The van der Waals surface area contributed by atoms with Crippen LogP contribution in [0.4, 0.5) is 0 Å². The van der Waals surface area contributed by atoms with Gasteiger partial charge in [0, 0.05) is 18.4 Å². The Hall–Kier alpha value is -1.06. The summed E-state index contributed by atoms with van der Waals surface area (Å²) in [6.07, 6.45) is 6.52. The second-order valence-corrected chi connectivity index (χ2v) is 6.69. The number of aryl methyl sites for hydroxylation is 1. The highest BCUT2D eigenvalue weighted by molar-refractivity contribution is 5.38. The van der Waals surface area contributed by atoms with Crippen LogP contribution in [-0.2, 0) is 4.74 Å². The Kier molecular flexibility index (Phi) is 4.23. The molecule has 1 spiro atoms. The van der Waals surface area contributed by atoms with E-state index in [1.807, 2.05) is 18.2 Å². The van der Waals surface area contributed by atoms with Gasteiger partial charge in [0.25, 0.3) is 0 Å². The average Bonchev–Trinajstić information content (AvgIpc) is 2.86. The average molecular weight is 290 g/mol. The summed E-state index contributed by atoms with van der Waals surface area (Å²) in [6.45, 7) is 4.64. The van der Waals surface area contributed by atoms with Gasteiger partial charge in [-0.1, -0.05) is 25.0 Å². The van der Waals surface area contributed by atoms with Crippen LogP contribution >= 0.6 is 0 Å². The van der Waals surface area contributed by atoms with Crippen molar-refractivity contribution < 1.29 is 14.6 Å². The number of hydrogen-bond donors (Lipinski definition) is 1. The number of ether oxygens (including phenoxy) is 2. The zero-order valence-electron chi connectivity index (χ0n) is 13.1. The Labute approximate surface area is 127 Å². The van der Waals surface area contributed by atoms with Crippen molar-refractivity contribution in [1.29, 1.82) is 0 Å². The van der Waals surface area contributed by atoms with E-state index in [9.17, 15) is 5.11 Å². The van der Waals surface area contributed by atoms with E-state index >= 15 is 0 Å². The summed E-state index contributed by atoms with van der Waals surface area (Å²) >= 11 is 0. The minimum Gasteiger partial charge on any atom is -0.490 e. The fourth-order valence-corrected chi connectivity index (χ4v) is 3.72. The monoisotopic (exact) mass is 290 g/mol. The van der Waals surface area contributed by atoms with Gasteiger partial charge < -0.3 is 14.6 Å². The Balaban J connectivity index is 1.75. The van der Waals surface area contributed by atoms with Crippen LogP contribution < -0.4 is 4.74 Å². The third kappa shape index (κ3) is 3.24. The van der Waals surface area contributed by atoms with E-state index in [0.717, 1.165) is 36.3 Å². The van der Waals surface area contributed by atoms with Gasteiger partial charge in [-0.15, -0.1) is 0 Å². The lowest BCUT2D eigenvalue weighted by atomic mass is 9.90. The maximum absolute atomic E-state index is 9.93. The number of rotatable bonds is 3. The van der Waals surface area contributed by atoms with Crippen LogP contribution in [0.25, 0.3) is 0 Å². The Morgan fingerprint density at radius 2 is 2.10 bits per heavy atom. The van der Waals surface area contributed by atoms with Gasteiger partial charge >= 0.3 is 0 Å². The predicted molar refractivity (Wildman–Crippen MR) is 82.6 cm³/mol. The van der Waals surface area contributed by atoms with Crippen molar-refractivity contribution in [3.63, 3.8) is 0 Å². The third-order valence-electron chi connectivity index (χ3n) is 4.88. The summed E-state index contributed by atoms with van der Waals surface area (Å²) in [7, 11) is 0. The first-order chi connectivity index (χ1) is 10.1. The predicted octanol–water partition coefficient (Wildman–Crippen LogP) is 3.92. The van der Waals surface area contributed by atoms with Gasteiger partial charge in [-0.2, -0.15) is 0 Å². The van der Waals surface area contributed by atoms with Gasteiger partial charge in [0.2, 0.25) is 0 Å². The van der Waals surface area contributed by atoms with Crippen LogP contribution in [0.5, 0.6) is 5.75 Å². The molecule has 116 valence electrons. The van der Waals surface area contributed by atoms with Crippen molar-refractivity contribution >= 4 is 0 Å². The van der Waals surface area contributed by atoms with E-state index in [2.05, 4.69) is 6.92 Å². The molecular weight excluding hydrogens is 264 g/mol. The molecule has 1 aliphatic carbocycles. The lowest BCUT2D eigenvalue weighted by Gasteiger charge is -2.38. The molecule has 1 saturated carbocycles. The van der Waals surface area contributed by atoms with Crippen molar-refractivity contribution in [2.45, 2.75) is 70.2 Å². The quantitative estimate of drug-likeness (QED) is 0.917. The van der Waals surface area contributed by atoms with E-state index in [0.29, 0.717) is 0 Å². The largest absolute Gasteiger partial charge is 0.490 e. The second kappa shape index (κ2) is 5.98. The van der Waals surface area contributed by atoms with Crippen LogP contribution in [0.1, 0.15) is 62.7 Å². The summed E-state index contributed by atoms with van der Waals surface area (Å²) in [6, 6.07) is 6.04. The highest BCUT2D eigenvalue weighted by atomic mass is 16.5. The van der Waals surface area contributed by atoms with E-state index < -0.39 is 6.10 Å². The molecule has 0 bridgehead atoms. The van der Waals surface area contributed by atoms with E-state index in [-0.39, 0.29) is 11.7 Å². The van der Waals surface area contributed by atoms with Gasteiger partial charge in [-0.05, 0) is 38.3 Å². The zero-order chi connectivity index (χ0) is 14.9. The molecule has 1 unspecified atom stereocenters. The number of hydrogen-bond acceptors (Lipinski definition) is 3.